The number of amides is 2. The number of nitrogens with one attached hydrogen (secondary N) is 3. The summed E-state index contributed by atoms with van der Waals surface area (Å²) >= 11 is 13.3. The zero-order valence-electron chi connectivity index (χ0n) is 15.2. The van der Waals surface area contributed by atoms with Gasteiger partial charge in [0.15, 0.2) is 0 Å². The predicted octanol–water partition coefficient (Wildman–Crippen LogP) is 3.88. The van der Waals surface area contributed by atoms with Crippen molar-refractivity contribution in [2.24, 2.45) is 0 Å². The number of hydrogen-bond acceptors (Lipinski definition) is 5. The molecule has 3 aromatic rings. The highest BCUT2D eigenvalue weighted by Gasteiger charge is 2.35. The normalized spacial score (nSPS) is 17.5. The van der Waals surface area contributed by atoms with Gasteiger partial charge in [-0.25, -0.2) is 4.79 Å². The number of aliphatic carboxylic acids is 1. The van der Waals surface area contributed by atoms with Gasteiger partial charge in [-0.15, -0.1) is 11.3 Å². The van der Waals surface area contributed by atoms with E-state index in [9.17, 15) is 14.4 Å². The van der Waals surface area contributed by atoms with Gasteiger partial charge in [0.25, 0.3) is 0 Å². The Morgan fingerprint density at radius 3 is 2.73 bits per heavy atom. The van der Waals surface area contributed by atoms with Crippen LogP contribution in [0.15, 0.2) is 30.3 Å². The lowest BCUT2D eigenvalue weighted by atomic mass is 10.1. The monoisotopic (exact) mass is 467 g/mol. The lowest BCUT2D eigenvalue weighted by Crippen LogP contribution is -2.45. The molecule has 2 amide bonds. The second kappa shape index (κ2) is 8.17. The number of carbonyl (C=O) groups is 3. The number of carboxylic acid groups (broad SMARTS) is 1. The third kappa shape index (κ3) is 4.09. The summed E-state index contributed by atoms with van der Waals surface area (Å²) < 4.78 is 6.52. The van der Waals surface area contributed by atoms with E-state index in [1.807, 2.05) is 24.3 Å². The maximum absolute atomic E-state index is 12.5. The van der Waals surface area contributed by atoms with Crippen molar-refractivity contribution in [3.63, 3.8) is 0 Å². The molecule has 0 bridgehead atoms. The molecule has 1 aliphatic rings. The molecule has 2 aromatic heterocycles. The van der Waals surface area contributed by atoms with Crippen LogP contribution in [0.2, 0.25) is 9.36 Å². The van der Waals surface area contributed by atoms with E-state index in [4.69, 9.17) is 33.0 Å². The van der Waals surface area contributed by atoms with E-state index in [0.717, 1.165) is 15.8 Å². The average Bonchev–Trinajstić information content (AvgIpc) is 3.29. The molecule has 4 N–H and O–H groups in total. The minimum Gasteiger partial charge on any atom is -0.481 e. The molecular formula is C19H15Cl2N3O5S. The van der Waals surface area contributed by atoms with Gasteiger partial charge in [-0.1, -0.05) is 47.5 Å². The zero-order chi connectivity index (χ0) is 21.4. The standard InChI is InChI=1S/C19H15Cl2N3O5S/c20-15-17-11(30-18(15)21)6-13(24-17)29-19(28)22-10-5-8-3-1-2-4-9(8)16(10)23-12(25)7-14(26)27/h1-4,6,10,16,24H,5,7H2,(H,22,28)(H,23,25)(H,26,27)/t10-,16-/m0/s1. The SMILES string of the molecule is O=C(O)CC(=O)N[C@H]1c2ccccc2C[C@@H]1NC(=O)Oc1cc2sc(Cl)c(Cl)c2[nH]1. The Morgan fingerprint density at radius 1 is 1.23 bits per heavy atom. The first-order chi connectivity index (χ1) is 14.3. The molecule has 1 aliphatic carbocycles. The topological polar surface area (TPSA) is 121 Å². The molecular weight excluding hydrogens is 453 g/mol. The molecule has 1 aromatic carbocycles. The number of carbonyl (C=O) groups excluding carboxylic acids is 2. The molecule has 0 saturated carbocycles. The van der Waals surface area contributed by atoms with E-state index in [1.165, 1.54) is 11.3 Å². The van der Waals surface area contributed by atoms with Crippen LogP contribution in [-0.2, 0) is 16.0 Å². The second-order valence-electron chi connectivity index (χ2n) is 6.72. The maximum Gasteiger partial charge on any atom is 0.414 e. The van der Waals surface area contributed by atoms with Gasteiger partial charge in [0.2, 0.25) is 11.8 Å². The maximum atomic E-state index is 12.5. The number of rotatable bonds is 5. The lowest BCUT2D eigenvalue weighted by Gasteiger charge is -2.22. The number of fused-ring (bicyclic) bond motifs is 2. The van der Waals surface area contributed by atoms with Gasteiger partial charge < -0.3 is 25.5 Å². The molecule has 0 radical (unpaired) electrons. The van der Waals surface area contributed by atoms with Gasteiger partial charge in [0, 0.05) is 6.07 Å². The largest absolute Gasteiger partial charge is 0.481 e. The van der Waals surface area contributed by atoms with Crippen LogP contribution in [0.5, 0.6) is 5.88 Å². The number of hydrogen-bond donors (Lipinski definition) is 4. The first-order valence-electron chi connectivity index (χ1n) is 8.85. The van der Waals surface area contributed by atoms with Crippen molar-refractivity contribution >= 4 is 62.7 Å². The molecule has 0 saturated heterocycles. The van der Waals surface area contributed by atoms with Crippen LogP contribution >= 0.6 is 34.5 Å². The molecule has 0 spiro atoms. The fraction of sp³-hybridized carbons (Fsp3) is 0.211. The summed E-state index contributed by atoms with van der Waals surface area (Å²) in [6, 6.07) is 7.95. The van der Waals surface area contributed by atoms with Gasteiger partial charge in [-0.05, 0) is 17.5 Å². The third-order valence-corrected chi connectivity index (χ3v) is 6.65. The van der Waals surface area contributed by atoms with Crippen LogP contribution in [0, 0.1) is 0 Å². The van der Waals surface area contributed by atoms with E-state index < -0.39 is 36.5 Å². The van der Waals surface area contributed by atoms with E-state index in [-0.39, 0.29) is 5.88 Å². The summed E-state index contributed by atoms with van der Waals surface area (Å²) in [4.78, 5) is 38.2. The Balaban J connectivity index is 1.47. The average molecular weight is 468 g/mol. The number of aromatic amines is 1. The molecule has 2 atom stereocenters. The highest BCUT2D eigenvalue weighted by Crippen LogP contribution is 2.40. The Labute approximate surface area is 184 Å². The summed E-state index contributed by atoms with van der Waals surface area (Å²) in [6.45, 7) is 0. The highest BCUT2D eigenvalue weighted by molar-refractivity contribution is 7.23. The van der Waals surface area contributed by atoms with E-state index in [2.05, 4.69) is 15.6 Å². The summed E-state index contributed by atoms with van der Waals surface area (Å²) in [5, 5.41) is 14.6. The van der Waals surface area contributed by atoms with Crippen LogP contribution < -0.4 is 15.4 Å². The summed E-state index contributed by atoms with van der Waals surface area (Å²) in [5.41, 5.74) is 2.36. The van der Waals surface area contributed by atoms with Crippen molar-refractivity contribution in [3.05, 3.63) is 50.8 Å². The summed E-state index contributed by atoms with van der Waals surface area (Å²) in [5.74, 6) is -1.66. The first kappa shape index (κ1) is 20.5. The van der Waals surface area contributed by atoms with Crippen molar-refractivity contribution in [2.75, 3.05) is 0 Å². The number of ether oxygens (including phenoxy) is 1. The van der Waals surface area contributed by atoms with Gasteiger partial charge in [0.1, 0.15) is 10.8 Å². The van der Waals surface area contributed by atoms with Gasteiger partial charge in [-0.3, -0.25) is 9.59 Å². The number of benzene rings is 1. The van der Waals surface area contributed by atoms with Crippen molar-refractivity contribution < 1.29 is 24.2 Å². The fourth-order valence-corrected chi connectivity index (χ4v) is 4.97. The molecule has 2 heterocycles. The van der Waals surface area contributed by atoms with Crippen LogP contribution in [0.4, 0.5) is 4.79 Å². The van der Waals surface area contributed by atoms with Crippen LogP contribution in [0.3, 0.4) is 0 Å². The second-order valence-corrected chi connectivity index (χ2v) is 8.75. The van der Waals surface area contributed by atoms with Crippen LogP contribution in [0.1, 0.15) is 23.6 Å². The number of aromatic nitrogens is 1. The van der Waals surface area contributed by atoms with Gasteiger partial charge in [0.05, 0.1) is 27.3 Å². The molecule has 0 aliphatic heterocycles. The molecule has 0 unspecified atom stereocenters. The van der Waals surface area contributed by atoms with Gasteiger partial charge in [-0.2, -0.15) is 0 Å². The van der Waals surface area contributed by atoms with E-state index in [1.54, 1.807) is 6.07 Å². The Bertz CT molecular complexity index is 1160. The summed E-state index contributed by atoms with van der Waals surface area (Å²) in [7, 11) is 0. The minimum atomic E-state index is -1.23. The number of carboxylic acids is 1. The number of thiophene rings is 1. The minimum absolute atomic E-state index is 0.203. The Kier molecular flexibility index (Phi) is 5.59. The molecule has 8 nitrogen and oxygen atoms in total. The van der Waals surface area contributed by atoms with E-state index >= 15 is 0 Å². The van der Waals surface area contributed by atoms with Crippen molar-refractivity contribution in [1.82, 2.24) is 15.6 Å². The molecule has 30 heavy (non-hydrogen) atoms. The third-order valence-electron chi connectivity index (χ3n) is 4.71. The smallest absolute Gasteiger partial charge is 0.414 e. The Hall–Kier alpha value is -2.75. The molecule has 0 fully saturated rings. The predicted molar refractivity (Wildman–Crippen MR) is 112 cm³/mol. The molecule has 11 heteroatoms. The van der Waals surface area contributed by atoms with Gasteiger partial charge >= 0.3 is 12.1 Å². The molecule has 156 valence electrons. The van der Waals surface area contributed by atoms with Crippen LogP contribution in [0.25, 0.3) is 10.2 Å². The van der Waals surface area contributed by atoms with E-state index in [0.29, 0.717) is 21.3 Å². The van der Waals surface area contributed by atoms with Crippen LogP contribution in [-0.4, -0.2) is 34.1 Å². The zero-order valence-corrected chi connectivity index (χ0v) is 17.5. The number of halogens is 2. The fourth-order valence-electron chi connectivity index (χ4n) is 3.50. The quantitative estimate of drug-likeness (QED) is 0.424. The van der Waals surface area contributed by atoms with Crippen molar-refractivity contribution in [1.29, 1.82) is 0 Å². The summed E-state index contributed by atoms with van der Waals surface area (Å²) in [6.07, 6.45) is -0.912. The van der Waals surface area contributed by atoms with Crippen molar-refractivity contribution in [2.45, 2.75) is 24.9 Å². The molecule has 4 rings (SSSR count). The first-order valence-corrected chi connectivity index (χ1v) is 10.4. The Morgan fingerprint density at radius 2 is 2.00 bits per heavy atom. The highest BCUT2D eigenvalue weighted by atomic mass is 35.5. The lowest BCUT2D eigenvalue weighted by molar-refractivity contribution is -0.140. The number of H-pyrrole nitrogens is 1. The van der Waals surface area contributed by atoms with Crippen molar-refractivity contribution in [3.8, 4) is 5.88 Å².